The van der Waals surface area contributed by atoms with E-state index in [1.54, 1.807) is 31.2 Å². The maximum atomic E-state index is 12.4. The second kappa shape index (κ2) is 9.71. The minimum atomic E-state index is -0.0827. The second-order valence-corrected chi connectivity index (χ2v) is 6.56. The molecule has 1 aliphatic rings. The highest BCUT2D eigenvalue weighted by Crippen LogP contribution is 2.11. The first kappa shape index (κ1) is 19.6. The summed E-state index contributed by atoms with van der Waals surface area (Å²) in [4.78, 5) is 20.7. The maximum absolute atomic E-state index is 12.4. The molecule has 1 aromatic heterocycles. The molecule has 0 saturated carbocycles. The lowest BCUT2D eigenvalue weighted by atomic mass is 10.2. The van der Waals surface area contributed by atoms with Gasteiger partial charge in [0.05, 0.1) is 24.7 Å². The van der Waals surface area contributed by atoms with Gasteiger partial charge in [-0.25, -0.2) is 4.79 Å². The summed E-state index contributed by atoms with van der Waals surface area (Å²) >= 11 is 0. The Bertz CT molecular complexity index is 814. The number of urea groups is 1. The molecule has 28 heavy (non-hydrogen) atoms. The van der Waals surface area contributed by atoms with Gasteiger partial charge in [0, 0.05) is 33.1 Å². The Balaban J connectivity index is 1.36. The third-order valence-corrected chi connectivity index (χ3v) is 4.44. The van der Waals surface area contributed by atoms with E-state index in [0.717, 1.165) is 19.5 Å². The Labute approximate surface area is 163 Å². The number of aromatic nitrogens is 2. The summed E-state index contributed by atoms with van der Waals surface area (Å²) in [6.45, 7) is 6.21. The summed E-state index contributed by atoms with van der Waals surface area (Å²) in [5.41, 5.74) is 0.588. The lowest BCUT2D eigenvalue weighted by Crippen LogP contribution is -2.43. The van der Waals surface area contributed by atoms with E-state index in [-0.39, 0.29) is 6.03 Å². The van der Waals surface area contributed by atoms with Gasteiger partial charge in [0.2, 0.25) is 5.89 Å². The van der Waals surface area contributed by atoms with E-state index in [2.05, 4.69) is 26.4 Å². The molecule has 2 amide bonds. The van der Waals surface area contributed by atoms with E-state index < -0.39 is 0 Å². The van der Waals surface area contributed by atoms with Crippen LogP contribution in [0, 0.1) is 18.3 Å². The van der Waals surface area contributed by atoms with Crippen LogP contribution < -0.4 is 10.1 Å². The van der Waals surface area contributed by atoms with Gasteiger partial charge < -0.3 is 19.5 Å². The summed E-state index contributed by atoms with van der Waals surface area (Å²) in [7, 11) is 0. The number of nitrogens with zero attached hydrogens (tertiary/aromatic N) is 5. The highest BCUT2D eigenvalue weighted by Gasteiger charge is 2.20. The summed E-state index contributed by atoms with van der Waals surface area (Å²) < 4.78 is 10.6. The standard InChI is InChI=1S/C19H24N6O3/c1-15-22-18(23-28-15)14-24-8-2-9-25(11-10-24)19(26)21-7-12-27-17-5-3-16(13-20)4-6-17/h3-6H,2,7-12,14H2,1H3,(H,21,26). The molecule has 0 spiro atoms. The van der Waals surface area contributed by atoms with E-state index in [4.69, 9.17) is 14.5 Å². The van der Waals surface area contributed by atoms with E-state index in [1.165, 1.54) is 0 Å². The number of benzene rings is 1. The Morgan fingerprint density at radius 1 is 1.29 bits per heavy atom. The van der Waals surface area contributed by atoms with E-state index in [1.807, 2.05) is 4.90 Å². The van der Waals surface area contributed by atoms with Crippen LogP contribution in [0.3, 0.4) is 0 Å². The van der Waals surface area contributed by atoms with Crippen molar-refractivity contribution in [2.75, 3.05) is 39.3 Å². The number of carbonyl (C=O) groups excluding carboxylic acids is 1. The largest absolute Gasteiger partial charge is 0.492 e. The minimum absolute atomic E-state index is 0.0827. The quantitative estimate of drug-likeness (QED) is 0.753. The third-order valence-electron chi connectivity index (χ3n) is 4.44. The average molecular weight is 384 g/mol. The number of aryl methyl sites for hydroxylation is 1. The van der Waals surface area contributed by atoms with Crippen LogP contribution in [0.4, 0.5) is 4.79 Å². The first-order valence-electron chi connectivity index (χ1n) is 9.31. The number of carbonyl (C=O) groups is 1. The molecule has 0 atom stereocenters. The smallest absolute Gasteiger partial charge is 0.317 e. The summed E-state index contributed by atoms with van der Waals surface area (Å²) in [6.07, 6.45) is 0.895. The number of hydrogen-bond acceptors (Lipinski definition) is 7. The van der Waals surface area contributed by atoms with Gasteiger partial charge in [0.1, 0.15) is 12.4 Å². The van der Waals surface area contributed by atoms with Crippen LogP contribution in [0.5, 0.6) is 5.75 Å². The van der Waals surface area contributed by atoms with Crippen molar-refractivity contribution in [2.45, 2.75) is 19.9 Å². The van der Waals surface area contributed by atoms with Crippen molar-refractivity contribution in [1.82, 2.24) is 25.3 Å². The van der Waals surface area contributed by atoms with E-state index in [9.17, 15) is 4.79 Å². The highest BCUT2D eigenvalue weighted by molar-refractivity contribution is 5.74. The third kappa shape index (κ3) is 5.69. The number of nitrogens with one attached hydrogen (secondary N) is 1. The summed E-state index contributed by atoms with van der Waals surface area (Å²) in [5.74, 6) is 1.92. The van der Waals surface area contributed by atoms with E-state index >= 15 is 0 Å². The Kier molecular flexibility index (Phi) is 6.81. The van der Waals surface area contributed by atoms with Gasteiger partial charge >= 0.3 is 6.03 Å². The van der Waals surface area contributed by atoms with Crippen molar-refractivity contribution in [3.05, 3.63) is 41.5 Å². The molecule has 0 radical (unpaired) electrons. The molecule has 1 fully saturated rings. The van der Waals surface area contributed by atoms with Crippen molar-refractivity contribution >= 4 is 6.03 Å². The number of hydrogen-bond donors (Lipinski definition) is 1. The fourth-order valence-electron chi connectivity index (χ4n) is 3.00. The zero-order chi connectivity index (χ0) is 19.8. The summed E-state index contributed by atoms with van der Waals surface area (Å²) in [6, 6.07) is 8.87. The van der Waals surface area contributed by atoms with Gasteiger partial charge in [-0.15, -0.1) is 0 Å². The van der Waals surface area contributed by atoms with Gasteiger partial charge in [-0.3, -0.25) is 4.90 Å². The zero-order valence-corrected chi connectivity index (χ0v) is 15.9. The van der Waals surface area contributed by atoms with Crippen molar-refractivity contribution in [1.29, 1.82) is 5.26 Å². The molecule has 0 aliphatic carbocycles. The van der Waals surface area contributed by atoms with Crippen molar-refractivity contribution in [2.24, 2.45) is 0 Å². The Morgan fingerprint density at radius 2 is 2.11 bits per heavy atom. The number of ether oxygens (including phenoxy) is 1. The lowest BCUT2D eigenvalue weighted by molar-refractivity contribution is 0.194. The fourth-order valence-corrected chi connectivity index (χ4v) is 3.00. The molecule has 0 unspecified atom stereocenters. The van der Waals surface area contributed by atoms with Crippen LogP contribution in [-0.2, 0) is 6.54 Å². The number of nitriles is 1. The first-order chi connectivity index (χ1) is 13.6. The molecular weight excluding hydrogens is 360 g/mol. The van der Waals surface area contributed by atoms with Gasteiger partial charge in [-0.05, 0) is 30.7 Å². The zero-order valence-electron chi connectivity index (χ0n) is 15.9. The molecular formula is C19H24N6O3. The van der Waals surface area contributed by atoms with Crippen LogP contribution in [0.15, 0.2) is 28.8 Å². The first-order valence-corrected chi connectivity index (χ1v) is 9.31. The molecule has 2 heterocycles. The predicted octanol–water partition coefficient (Wildman–Crippen LogP) is 1.55. The summed E-state index contributed by atoms with van der Waals surface area (Å²) in [5, 5.41) is 15.6. The Morgan fingerprint density at radius 3 is 2.82 bits per heavy atom. The van der Waals surface area contributed by atoms with Crippen LogP contribution in [0.25, 0.3) is 0 Å². The van der Waals surface area contributed by atoms with Gasteiger partial charge in [0.15, 0.2) is 5.82 Å². The van der Waals surface area contributed by atoms with E-state index in [0.29, 0.717) is 55.8 Å². The predicted molar refractivity (Wildman–Crippen MR) is 101 cm³/mol. The molecule has 1 aliphatic heterocycles. The highest BCUT2D eigenvalue weighted by atomic mass is 16.5. The van der Waals surface area contributed by atoms with Crippen molar-refractivity contribution < 1.29 is 14.1 Å². The second-order valence-electron chi connectivity index (χ2n) is 6.56. The normalized spacial score (nSPS) is 14.9. The fraction of sp³-hybridized carbons (Fsp3) is 0.474. The molecule has 9 nitrogen and oxygen atoms in total. The molecule has 148 valence electrons. The molecule has 3 rings (SSSR count). The average Bonchev–Trinajstić information content (AvgIpc) is 2.97. The maximum Gasteiger partial charge on any atom is 0.317 e. The number of amides is 2. The minimum Gasteiger partial charge on any atom is -0.492 e. The van der Waals surface area contributed by atoms with Crippen LogP contribution in [-0.4, -0.2) is 65.3 Å². The molecule has 2 aromatic rings. The van der Waals surface area contributed by atoms with Crippen molar-refractivity contribution in [3.8, 4) is 11.8 Å². The van der Waals surface area contributed by atoms with Gasteiger partial charge in [0.25, 0.3) is 0 Å². The van der Waals surface area contributed by atoms with Crippen LogP contribution >= 0.6 is 0 Å². The monoisotopic (exact) mass is 384 g/mol. The lowest BCUT2D eigenvalue weighted by Gasteiger charge is -2.21. The molecule has 9 heteroatoms. The van der Waals surface area contributed by atoms with Crippen molar-refractivity contribution in [3.63, 3.8) is 0 Å². The van der Waals surface area contributed by atoms with Crippen LogP contribution in [0.1, 0.15) is 23.7 Å². The van der Waals surface area contributed by atoms with Gasteiger partial charge in [-0.1, -0.05) is 5.16 Å². The Hall–Kier alpha value is -3.12. The van der Waals surface area contributed by atoms with Gasteiger partial charge in [-0.2, -0.15) is 10.2 Å². The number of rotatable bonds is 6. The molecule has 1 N–H and O–H groups in total. The molecule has 1 aromatic carbocycles. The topological polar surface area (TPSA) is 108 Å². The molecule has 0 bridgehead atoms. The van der Waals surface area contributed by atoms with Crippen LogP contribution in [0.2, 0.25) is 0 Å². The SMILES string of the molecule is Cc1nc(CN2CCCN(C(=O)NCCOc3ccc(C#N)cc3)CC2)no1. The molecule has 1 saturated heterocycles.